The summed E-state index contributed by atoms with van der Waals surface area (Å²) in [7, 11) is 0. The number of anilines is 1. The highest BCUT2D eigenvalue weighted by molar-refractivity contribution is 6.42. The van der Waals surface area contributed by atoms with Gasteiger partial charge in [0.25, 0.3) is 5.56 Å². The van der Waals surface area contributed by atoms with Crippen molar-refractivity contribution in [2.24, 2.45) is 5.73 Å². The van der Waals surface area contributed by atoms with Crippen LogP contribution in [0.2, 0.25) is 10.0 Å². The molecule has 2 unspecified atom stereocenters. The quantitative estimate of drug-likeness (QED) is 0.636. The van der Waals surface area contributed by atoms with E-state index >= 15 is 0 Å². The fourth-order valence-corrected chi connectivity index (χ4v) is 3.32. The molecule has 2 atom stereocenters. The molecule has 1 heterocycles. The fourth-order valence-electron chi connectivity index (χ4n) is 3.02. The minimum absolute atomic E-state index is 0.259. The molecule has 1 aromatic heterocycles. The minimum Gasteiger partial charge on any atom is -0.368 e. The number of carbonyl (C=O) groups is 2. The van der Waals surface area contributed by atoms with E-state index in [-0.39, 0.29) is 11.5 Å². The van der Waals surface area contributed by atoms with Crippen LogP contribution in [0.25, 0.3) is 10.8 Å². The van der Waals surface area contributed by atoms with Crippen molar-refractivity contribution in [3.63, 3.8) is 0 Å². The standard InChI is InChI=1S/C21H19Cl2N3O3/c1-11(13-6-7-16(22)17(23)10-13)20(28)25-18-5-3-4-15-14(18)8-9-26(21(15)29)12(2)19(24)27/h3-12H,1-2H3,(H2,24,27)(H,25,28). The highest BCUT2D eigenvalue weighted by atomic mass is 35.5. The number of rotatable bonds is 5. The number of nitrogens with one attached hydrogen (secondary N) is 1. The minimum atomic E-state index is -0.778. The van der Waals surface area contributed by atoms with Gasteiger partial charge in [-0.1, -0.05) is 35.3 Å². The first kappa shape index (κ1) is 20.9. The molecule has 0 spiro atoms. The molecule has 0 bridgehead atoms. The van der Waals surface area contributed by atoms with Crippen molar-refractivity contribution < 1.29 is 9.59 Å². The number of nitrogens with two attached hydrogens (primary N) is 1. The number of hydrogen-bond acceptors (Lipinski definition) is 3. The van der Waals surface area contributed by atoms with Crippen LogP contribution in [0.1, 0.15) is 31.4 Å². The second-order valence-electron chi connectivity index (χ2n) is 6.76. The Labute approximate surface area is 177 Å². The maximum atomic E-state index is 12.8. The lowest BCUT2D eigenvalue weighted by Crippen LogP contribution is -2.31. The Morgan fingerprint density at radius 3 is 2.41 bits per heavy atom. The highest BCUT2D eigenvalue weighted by Crippen LogP contribution is 2.28. The molecule has 2 amide bonds. The van der Waals surface area contributed by atoms with Crippen LogP contribution in [0, 0.1) is 0 Å². The topological polar surface area (TPSA) is 94.2 Å². The van der Waals surface area contributed by atoms with Crippen LogP contribution >= 0.6 is 23.2 Å². The van der Waals surface area contributed by atoms with E-state index in [1.165, 1.54) is 10.8 Å². The second-order valence-corrected chi connectivity index (χ2v) is 7.57. The molecule has 0 radical (unpaired) electrons. The molecule has 6 nitrogen and oxygen atoms in total. The van der Waals surface area contributed by atoms with Crippen LogP contribution in [0.15, 0.2) is 53.5 Å². The Hall–Kier alpha value is -2.83. The van der Waals surface area contributed by atoms with Crippen LogP contribution in [-0.4, -0.2) is 16.4 Å². The lowest BCUT2D eigenvalue weighted by molar-refractivity contribution is -0.120. The predicted molar refractivity (Wildman–Crippen MR) is 116 cm³/mol. The van der Waals surface area contributed by atoms with E-state index in [9.17, 15) is 14.4 Å². The third kappa shape index (κ3) is 4.13. The zero-order valence-corrected chi connectivity index (χ0v) is 17.3. The third-order valence-electron chi connectivity index (χ3n) is 4.90. The summed E-state index contributed by atoms with van der Waals surface area (Å²) in [6.45, 7) is 3.31. The Morgan fingerprint density at radius 1 is 1.03 bits per heavy atom. The van der Waals surface area contributed by atoms with Crippen molar-refractivity contribution in [2.75, 3.05) is 5.32 Å². The van der Waals surface area contributed by atoms with Crippen LogP contribution < -0.4 is 16.6 Å². The van der Waals surface area contributed by atoms with E-state index in [2.05, 4.69) is 5.32 Å². The lowest BCUT2D eigenvalue weighted by atomic mass is 10.00. The van der Waals surface area contributed by atoms with Crippen LogP contribution in [0.4, 0.5) is 5.69 Å². The molecule has 29 heavy (non-hydrogen) atoms. The van der Waals surface area contributed by atoms with Gasteiger partial charge in [0.2, 0.25) is 11.8 Å². The predicted octanol–water partition coefficient (Wildman–Crippen LogP) is 4.10. The first-order valence-corrected chi connectivity index (χ1v) is 9.65. The van der Waals surface area contributed by atoms with Crippen molar-refractivity contribution >= 4 is 51.5 Å². The summed E-state index contributed by atoms with van der Waals surface area (Å²) < 4.78 is 1.27. The summed E-state index contributed by atoms with van der Waals surface area (Å²) in [5.74, 6) is -1.35. The molecule has 0 saturated carbocycles. The number of benzene rings is 2. The normalized spacial score (nSPS) is 13.1. The molecule has 0 aliphatic rings. The Balaban J connectivity index is 1.95. The van der Waals surface area contributed by atoms with E-state index < -0.39 is 17.9 Å². The van der Waals surface area contributed by atoms with E-state index in [0.29, 0.717) is 26.5 Å². The molecule has 0 saturated heterocycles. The van der Waals surface area contributed by atoms with Gasteiger partial charge in [0, 0.05) is 22.7 Å². The fraction of sp³-hybridized carbons (Fsp3) is 0.190. The molecular weight excluding hydrogens is 413 g/mol. The number of pyridine rings is 1. The largest absolute Gasteiger partial charge is 0.368 e. The number of fused-ring (bicyclic) bond motifs is 1. The van der Waals surface area contributed by atoms with Crippen molar-refractivity contribution in [2.45, 2.75) is 25.8 Å². The van der Waals surface area contributed by atoms with Crippen molar-refractivity contribution in [3.8, 4) is 0 Å². The van der Waals surface area contributed by atoms with Gasteiger partial charge >= 0.3 is 0 Å². The molecule has 0 fully saturated rings. The van der Waals surface area contributed by atoms with Gasteiger partial charge < -0.3 is 15.6 Å². The summed E-state index contributed by atoms with van der Waals surface area (Å²) in [6, 6.07) is 11.0. The average Bonchev–Trinajstić information content (AvgIpc) is 2.69. The van der Waals surface area contributed by atoms with Crippen molar-refractivity contribution in [1.82, 2.24) is 4.57 Å². The third-order valence-corrected chi connectivity index (χ3v) is 5.64. The molecule has 0 aliphatic carbocycles. The number of carbonyl (C=O) groups excluding carboxylic acids is 2. The molecule has 3 rings (SSSR count). The van der Waals surface area contributed by atoms with Crippen molar-refractivity contribution in [1.29, 1.82) is 0 Å². The Morgan fingerprint density at radius 2 is 1.76 bits per heavy atom. The number of nitrogens with zero attached hydrogens (tertiary/aromatic N) is 1. The van der Waals surface area contributed by atoms with Crippen LogP contribution in [0.5, 0.6) is 0 Å². The van der Waals surface area contributed by atoms with Gasteiger partial charge in [-0.2, -0.15) is 0 Å². The van der Waals surface area contributed by atoms with Gasteiger partial charge in [-0.15, -0.1) is 0 Å². The first-order valence-electron chi connectivity index (χ1n) is 8.89. The number of hydrogen-bond donors (Lipinski definition) is 2. The van der Waals surface area contributed by atoms with Gasteiger partial charge in [0.15, 0.2) is 0 Å². The summed E-state index contributed by atoms with van der Waals surface area (Å²) in [5.41, 5.74) is 6.17. The zero-order valence-electron chi connectivity index (χ0n) is 15.8. The summed E-state index contributed by atoms with van der Waals surface area (Å²) in [5, 5.41) is 4.59. The molecular formula is C21H19Cl2N3O3. The van der Waals surface area contributed by atoms with Crippen LogP contribution in [-0.2, 0) is 9.59 Å². The molecule has 8 heteroatoms. The molecule has 3 N–H and O–H groups in total. The van der Waals surface area contributed by atoms with Gasteiger partial charge in [-0.05, 0) is 49.7 Å². The monoisotopic (exact) mass is 431 g/mol. The smallest absolute Gasteiger partial charge is 0.259 e. The highest BCUT2D eigenvalue weighted by Gasteiger charge is 2.19. The average molecular weight is 432 g/mol. The molecule has 150 valence electrons. The molecule has 2 aromatic carbocycles. The van der Waals surface area contributed by atoms with Gasteiger partial charge in [0.1, 0.15) is 6.04 Å². The zero-order chi connectivity index (χ0) is 21.3. The maximum Gasteiger partial charge on any atom is 0.259 e. The van der Waals surface area contributed by atoms with Crippen LogP contribution in [0.3, 0.4) is 0 Å². The lowest BCUT2D eigenvalue weighted by Gasteiger charge is -2.16. The van der Waals surface area contributed by atoms with E-state index in [0.717, 1.165) is 5.56 Å². The SMILES string of the molecule is CC(C(=O)Nc1cccc2c(=O)n(C(C)C(N)=O)ccc12)c1ccc(Cl)c(Cl)c1. The summed E-state index contributed by atoms with van der Waals surface area (Å²) in [6.07, 6.45) is 1.50. The number of amides is 2. The van der Waals surface area contributed by atoms with E-state index in [1.807, 2.05) is 0 Å². The maximum absolute atomic E-state index is 12.8. The van der Waals surface area contributed by atoms with Gasteiger partial charge in [-0.25, -0.2) is 0 Å². The number of halogens is 2. The summed E-state index contributed by atoms with van der Waals surface area (Å²) >= 11 is 12.0. The second kappa shape index (κ2) is 8.27. The van der Waals surface area contributed by atoms with Gasteiger partial charge in [-0.3, -0.25) is 14.4 Å². The van der Waals surface area contributed by atoms with E-state index in [4.69, 9.17) is 28.9 Å². The van der Waals surface area contributed by atoms with Crippen molar-refractivity contribution in [3.05, 3.63) is 74.6 Å². The van der Waals surface area contributed by atoms with E-state index in [1.54, 1.807) is 56.3 Å². The summed E-state index contributed by atoms with van der Waals surface area (Å²) in [4.78, 5) is 37.0. The number of aromatic nitrogens is 1. The molecule has 0 aliphatic heterocycles. The first-order chi connectivity index (χ1) is 13.7. The Bertz CT molecular complexity index is 1170. The Kier molecular flexibility index (Phi) is 5.96. The molecule has 3 aromatic rings. The van der Waals surface area contributed by atoms with Gasteiger partial charge in [0.05, 0.1) is 16.0 Å². The number of primary amides is 1.